The minimum atomic E-state index is -0.315. The molecule has 2 rings (SSSR count). The first kappa shape index (κ1) is 12.6. The van der Waals surface area contributed by atoms with Gasteiger partial charge in [-0.25, -0.2) is 19.7 Å². The summed E-state index contributed by atoms with van der Waals surface area (Å²) in [5.41, 5.74) is 2.03. The molecule has 0 spiro atoms. The van der Waals surface area contributed by atoms with Gasteiger partial charge in [0, 0.05) is 11.3 Å². The van der Waals surface area contributed by atoms with Crippen molar-refractivity contribution in [2.75, 3.05) is 12.9 Å². The van der Waals surface area contributed by atoms with Gasteiger partial charge >= 0.3 is 5.97 Å². The molecular weight excluding hydrogens is 252 g/mol. The molecule has 7 heteroatoms. The number of H-pyrrole nitrogens is 1. The highest BCUT2D eigenvalue weighted by atomic mass is 32.2. The number of hydrogen-bond acceptors (Lipinski definition) is 6. The number of carbonyl (C=O) groups excluding carboxylic acids is 1. The van der Waals surface area contributed by atoms with Crippen LogP contribution >= 0.6 is 11.8 Å². The van der Waals surface area contributed by atoms with Crippen molar-refractivity contribution in [3.8, 4) is 0 Å². The topological polar surface area (TPSA) is 80.8 Å². The van der Waals surface area contributed by atoms with Gasteiger partial charge in [-0.15, -0.1) is 0 Å². The van der Waals surface area contributed by atoms with E-state index in [4.69, 9.17) is 0 Å². The summed E-state index contributed by atoms with van der Waals surface area (Å²) in [6.45, 7) is 1.72. The minimum absolute atomic E-state index is 0.315. The number of aromatic amines is 1. The van der Waals surface area contributed by atoms with Crippen LogP contribution in [-0.2, 0) is 9.53 Å². The number of thioether (sulfide) groups is 1. The van der Waals surface area contributed by atoms with Crippen molar-refractivity contribution in [2.24, 2.45) is 0 Å². The van der Waals surface area contributed by atoms with Crippen LogP contribution in [0, 0.1) is 0 Å². The molecule has 0 aliphatic carbocycles. The van der Waals surface area contributed by atoms with Crippen LogP contribution in [0.2, 0.25) is 0 Å². The summed E-state index contributed by atoms with van der Waals surface area (Å²) in [5, 5.41) is 0.811. The molecule has 0 aromatic carbocycles. The van der Waals surface area contributed by atoms with E-state index in [1.54, 1.807) is 19.3 Å². The molecular formula is C11H12N4O2S. The molecule has 0 amide bonds. The fraction of sp³-hybridized carbons (Fsp3) is 0.273. The van der Waals surface area contributed by atoms with E-state index in [2.05, 4.69) is 24.7 Å². The Morgan fingerprint density at radius 3 is 3.11 bits per heavy atom. The average Bonchev–Trinajstić information content (AvgIpc) is 2.86. The average molecular weight is 264 g/mol. The van der Waals surface area contributed by atoms with Crippen molar-refractivity contribution in [3.05, 3.63) is 24.3 Å². The normalized spacial score (nSPS) is 11.8. The number of hydrogen-bond donors (Lipinski definition) is 1. The van der Waals surface area contributed by atoms with Gasteiger partial charge in [0.05, 0.1) is 13.4 Å². The van der Waals surface area contributed by atoms with Gasteiger partial charge in [-0.1, -0.05) is 17.8 Å². The van der Waals surface area contributed by atoms with Crippen LogP contribution in [0.5, 0.6) is 0 Å². The third-order valence-corrected chi connectivity index (χ3v) is 3.22. The van der Waals surface area contributed by atoms with Crippen LogP contribution in [0.3, 0.4) is 0 Å². The zero-order valence-electron chi connectivity index (χ0n) is 10.0. The lowest BCUT2D eigenvalue weighted by Gasteiger charge is -2.00. The summed E-state index contributed by atoms with van der Waals surface area (Å²) in [4.78, 5) is 26.4. The molecule has 1 N–H and O–H groups in total. The second kappa shape index (κ2) is 5.63. The van der Waals surface area contributed by atoms with Crippen LogP contribution in [0.15, 0.2) is 29.3 Å². The first-order chi connectivity index (χ1) is 8.72. The van der Waals surface area contributed by atoms with E-state index in [0.29, 0.717) is 17.0 Å². The second-order valence-electron chi connectivity index (χ2n) is 3.47. The van der Waals surface area contributed by atoms with Crippen LogP contribution in [0.25, 0.3) is 11.2 Å². The molecule has 0 unspecified atom stereocenters. The van der Waals surface area contributed by atoms with Crippen molar-refractivity contribution >= 4 is 28.9 Å². The van der Waals surface area contributed by atoms with E-state index in [1.807, 2.05) is 0 Å². The predicted octanol–water partition coefficient (Wildman–Crippen LogP) is 1.56. The molecule has 0 atom stereocenters. The van der Waals surface area contributed by atoms with Gasteiger partial charge in [-0.05, 0) is 6.92 Å². The lowest BCUT2D eigenvalue weighted by molar-refractivity contribution is -0.136. The molecule has 94 valence electrons. The second-order valence-corrected chi connectivity index (χ2v) is 4.48. The molecule has 0 radical (unpaired) electrons. The Morgan fingerprint density at radius 2 is 2.33 bits per heavy atom. The maximum atomic E-state index is 11.2. The quantitative estimate of drug-likeness (QED) is 0.391. The Kier molecular flexibility index (Phi) is 3.93. The van der Waals surface area contributed by atoms with Gasteiger partial charge in [0.25, 0.3) is 0 Å². The summed E-state index contributed by atoms with van der Waals surface area (Å²) >= 11 is 1.50. The summed E-state index contributed by atoms with van der Waals surface area (Å²) < 4.78 is 4.61. The van der Waals surface area contributed by atoms with Gasteiger partial charge in [-0.3, -0.25) is 0 Å². The summed E-state index contributed by atoms with van der Waals surface area (Å²) in [7, 11) is 1.37. The van der Waals surface area contributed by atoms with E-state index in [0.717, 1.165) is 10.5 Å². The zero-order valence-corrected chi connectivity index (χ0v) is 10.8. The van der Waals surface area contributed by atoms with E-state index < -0.39 is 0 Å². The Labute approximate surface area is 108 Å². The molecule has 0 saturated carbocycles. The third-order valence-electron chi connectivity index (χ3n) is 2.31. The number of ether oxygens (including phenoxy) is 1. The van der Waals surface area contributed by atoms with Gasteiger partial charge in [0.2, 0.25) is 0 Å². The van der Waals surface area contributed by atoms with Crippen molar-refractivity contribution in [2.45, 2.75) is 11.9 Å². The number of nitrogens with one attached hydrogen (secondary N) is 1. The first-order valence-electron chi connectivity index (χ1n) is 5.24. The molecule has 2 aromatic heterocycles. The lowest BCUT2D eigenvalue weighted by atomic mass is 10.3. The molecule has 0 aliphatic rings. The Morgan fingerprint density at radius 1 is 1.50 bits per heavy atom. The highest BCUT2D eigenvalue weighted by molar-refractivity contribution is 7.99. The molecule has 18 heavy (non-hydrogen) atoms. The number of rotatable bonds is 4. The standard InChI is InChI=1S/C11H12N4O2S/c1-7(11(16)17-2)3-4-18-10-8-9(13-5-12-8)14-6-15-10/h3,5-6H,4H2,1-2H3,(H,12,13,14,15). The maximum absolute atomic E-state index is 11.2. The molecule has 2 heterocycles. The van der Waals surface area contributed by atoms with E-state index in [1.165, 1.54) is 25.2 Å². The van der Waals surface area contributed by atoms with Gasteiger partial charge in [0.15, 0.2) is 5.65 Å². The lowest BCUT2D eigenvalue weighted by Crippen LogP contribution is -2.01. The molecule has 0 saturated heterocycles. The first-order valence-corrected chi connectivity index (χ1v) is 6.23. The van der Waals surface area contributed by atoms with Crippen LogP contribution in [0.4, 0.5) is 0 Å². The highest BCUT2D eigenvalue weighted by Gasteiger charge is 2.06. The number of carbonyl (C=O) groups is 1. The number of aromatic nitrogens is 4. The number of methoxy groups -OCH3 is 1. The van der Waals surface area contributed by atoms with E-state index >= 15 is 0 Å². The molecule has 0 bridgehead atoms. The fourth-order valence-corrected chi connectivity index (χ4v) is 2.25. The van der Waals surface area contributed by atoms with Crippen molar-refractivity contribution in [3.63, 3.8) is 0 Å². The van der Waals surface area contributed by atoms with Crippen LogP contribution < -0.4 is 0 Å². The SMILES string of the molecule is COC(=O)C(C)=CCSc1ncnc2nc[nH]c12. The monoisotopic (exact) mass is 264 g/mol. The third kappa shape index (κ3) is 2.67. The minimum Gasteiger partial charge on any atom is -0.466 e. The number of fused-ring (bicyclic) bond motifs is 1. The van der Waals surface area contributed by atoms with Crippen molar-refractivity contribution in [1.29, 1.82) is 0 Å². The largest absolute Gasteiger partial charge is 0.466 e. The Hall–Kier alpha value is -1.89. The molecule has 6 nitrogen and oxygen atoms in total. The van der Waals surface area contributed by atoms with Gasteiger partial charge in [0.1, 0.15) is 16.9 Å². The van der Waals surface area contributed by atoms with Crippen LogP contribution in [-0.4, -0.2) is 38.8 Å². The predicted molar refractivity (Wildman–Crippen MR) is 68.2 cm³/mol. The van der Waals surface area contributed by atoms with Crippen molar-refractivity contribution in [1.82, 2.24) is 19.9 Å². The van der Waals surface area contributed by atoms with Crippen molar-refractivity contribution < 1.29 is 9.53 Å². The number of imidazole rings is 1. The smallest absolute Gasteiger partial charge is 0.333 e. The number of esters is 1. The Balaban J connectivity index is 2.07. The van der Waals surface area contributed by atoms with E-state index in [9.17, 15) is 4.79 Å². The van der Waals surface area contributed by atoms with Gasteiger partial charge in [-0.2, -0.15) is 0 Å². The van der Waals surface area contributed by atoms with Crippen LogP contribution in [0.1, 0.15) is 6.92 Å². The number of nitrogens with zero attached hydrogens (tertiary/aromatic N) is 3. The summed E-state index contributed by atoms with van der Waals surface area (Å²) in [6, 6.07) is 0. The van der Waals surface area contributed by atoms with E-state index in [-0.39, 0.29) is 5.97 Å². The van der Waals surface area contributed by atoms with Gasteiger partial charge < -0.3 is 9.72 Å². The molecule has 0 aliphatic heterocycles. The fourth-order valence-electron chi connectivity index (χ4n) is 1.34. The molecule has 2 aromatic rings. The zero-order chi connectivity index (χ0) is 13.0. The maximum Gasteiger partial charge on any atom is 0.333 e. The summed E-state index contributed by atoms with van der Waals surface area (Å²) in [6.07, 6.45) is 4.86. The summed E-state index contributed by atoms with van der Waals surface area (Å²) in [5.74, 6) is 0.316. The Bertz CT molecular complexity index is 593. The molecule has 0 fully saturated rings. The highest BCUT2D eigenvalue weighted by Crippen LogP contribution is 2.21.